The van der Waals surface area contributed by atoms with E-state index in [0.29, 0.717) is 43.1 Å². The number of urea groups is 1. The number of carboxylic acid groups (broad SMARTS) is 1. The zero-order chi connectivity index (χ0) is 19.4. The average Bonchev–Trinajstić information content (AvgIpc) is 2.67. The molecule has 0 spiro atoms. The predicted octanol–water partition coefficient (Wildman–Crippen LogP) is 3.23. The van der Waals surface area contributed by atoms with Crippen molar-refractivity contribution in [3.05, 3.63) is 70.2 Å². The number of hydrogen-bond acceptors (Lipinski definition) is 3. The first-order valence-corrected chi connectivity index (χ1v) is 9.09. The summed E-state index contributed by atoms with van der Waals surface area (Å²) in [6, 6.07) is 13.4. The summed E-state index contributed by atoms with van der Waals surface area (Å²) < 4.78 is 0. The summed E-state index contributed by atoms with van der Waals surface area (Å²) in [5, 5.41) is 23.2. The summed E-state index contributed by atoms with van der Waals surface area (Å²) in [7, 11) is 0. The second kappa shape index (κ2) is 7.98. The molecule has 1 aliphatic heterocycles. The summed E-state index contributed by atoms with van der Waals surface area (Å²) in [5.74, 6) is -0.982. The average molecular weight is 389 g/mol. The largest absolute Gasteiger partial charge is 0.478 e. The molecule has 2 aromatic carbocycles. The van der Waals surface area contributed by atoms with E-state index < -0.39 is 11.6 Å². The van der Waals surface area contributed by atoms with Crippen LogP contribution in [0.25, 0.3) is 0 Å². The van der Waals surface area contributed by atoms with Crippen molar-refractivity contribution >= 4 is 23.6 Å². The van der Waals surface area contributed by atoms with Gasteiger partial charge in [-0.05, 0) is 36.6 Å². The van der Waals surface area contributed by atoms with Crippen LogP contribution < -0.4 is 5.32 Å². The van der Waals surface area contributed by atoms with Gasteiger partial charge in [-0.25, -0.2) is 9.59 Å². The van der Waals surface area contributed by atoms with Crippen molar-refractivity contribution in [2.75, 3.05) is 13.1 Å². The van der Waals surface area contributed by atoms with Crippen molar-refractivity contribution in [3.63, 3.8) is 0 Å². The summed E-state index contributed by atoms with van der Waals surface area (Å²) >= 11 is 6.20. The molecule has 0 atom stereocenters. The Labute approximate surface area is 162 Å². The Hall–Kier alpha value is -2.57. The molecule has 3 rings (SSSR count). The third-order valence-electron chi connectivity index (χ3n) is 4.90. The van der Waals surface area contributed by atoms with Gasteiger partial charge in [0.1, 0.15) is 0 Å². The number of nitrogens with one attached hydrogen (secondary N) is 1. The molecule has 1 heterocycles. The molecule has 2 amide bonds. The molecule has 0 unspecified atom stereocenters. The number of nitrogens with zero attached hydrogens (tertiary/aromatic N) is 1. The molecule has 0 saturated carbocycles. The van der Waals surface area contributed by atoms with Gasteiger partial charge in [-0.1, -0.05) is 41.9 Å². The highest BCUT2D eigenvalue weighted by Gasteiger charge is 2.36. The molecule has 7 heteroatoms. The van der Waals surface area contributed by atoms with E-state index in [-0.39, 0.29) is 11.6 Å². The molecule has 6 nitrogen and oxygen atoms in total. The van der Waals surface area contributed by atoms with Gasteiger partial charge in [0.2, 0.25) is 0 Å². The minimum absolute atomic E-state index is 0.208. The van der Waals surface area contributed by atoms with E-state index in [1.165, 1.54) is 12.1 Å². The van der Waals surface area contributed by atoms with Crippen LogP contribution in [0.1, 0.15) is 34.3 Å². The lowest BCUT2D eigenvalue weighted by atomic mass is 9.84. The second-order valence-electron chi connectivity index (χ2n) is 6.66. The SMILES string of the molecule is O=C(O)c1ccc(CNC(=O)N2CCC(O)(c3ccccc3Cl)CC2)cc1. The van der Waals surface area contributed by atoms with Crippen molar-refractivity contribution in [2.24, 2.45) is 0 Å². The Kier molecular flexibility index (Phi) is 5.68. The summed E-state index contributed by atoms with van der Waals surface area (Å²) in [5.41, 5.74) is 0.699. The lowest BCUT2D eigenvalue weighted by Gasteiger charge is -2.38. The van der Waals surface area contributed by atoms with Crippen LogP contribution in [0.4, 0.5) is 4.79 Å². The molecule has 142 valence electrons. The number of piperidine rings is 1. The Morgan fingerprint density at radius 1 is 1.07 bits per heavy atom. The number of hydrogen-bond donors (Lipinski definition) is 3. The van der Waals surface area contributed by atoms with Crippen LogP contribution in [0.15, 0.2) is 48.5 Å². The fourth-order valence-corrected chi connectivity index (χ4v) is 3.55. The van der Waals surface area contributed by atoms with Gasteiger partial charge in [0.25, 0.3) is 0 Å². The van der Waals surface area contributed by atoms with E-state index in [0.717, 1.165) is 5.56 Å². The summed E-state index contributed by atoms with van der Waals surface area (Å²) in [6.07, 6.45) is 0.828. The van der Waals surface area contributed by atoms with Crippen LogP contribution in [-0.4, -0.2) is 40.2 Å². The van der Waals surface area contributed by atoms with Gasteiger partial charge in [0.05, 0.1) is 11.2 Å². The molecule has 27 heavy (non-hydrogen) atoms. The van der Waals surface area contributed by atoms with Crippen LogP contribution in [0.5, 0.6) is 0 Å². The fourth-order valence-electron chi connectivity index (χ4n) is 3.24. The maximum Gasteiger partial charge on any atom is 0.335 e. The molecule has 0 aliphatic carbocycles. The number of aliphatic hydroxyl groups is 1. The van der Waals surface area contributed by atoms with Crippen LogP contribution >= 0.6 is 11.6 Å². The number of halogens is 1. The van der Waals surface area contributed by atoms with Gasteiger partial charge in [0, 0.05) is 30.2 Å². The summed E-state index contributed by atoms with van der Waals surface area (Å²) in [6.45, 7) is 1.15. The number of likely N-dealkylation sites (tertiary alicyclic amines) is 1. The third kappa shape index (κ3) is 4.40. The zero-order valence-corrected chi connectivity index (χ0v) is 15.4. The number of carbonyl (C=O) groups is 2. The monoisotopic (exact) mass is 388 g/mol. The molecule has 1 saturated heterocycles. The smallest absolute Gasteiger partial charge is 0.335 e. The van der Waals surface area contributed by atoms with Crippen LogP contribution in [0.3, 0.4) is 0 Å². The second-order valence-corrected chi connectivity index (χ2v) is 7.07. The highest BCUT2D eigenvalue weighted by Crippen LogP contribution is 2.36. The number of amides is 2. The third-order valence-corrected chi connectivity index (χ3v) is 5.23. The highest BCUT2D eigenvalue weighted by atomic mass is 35.5. The van der Waals surface area contributed by atoms with E-state index >= 15 is 0 Å². The van der Waals surface area contributed by atoms with Gasteiger partial charge < -0.3 is 20.4 Å². The van der Waals surface area contributed by atoms with Gasteiger partial charge in [0.15, 0.2) is 0 Å². The Morgan fingerprint density at radius 3 is 2.30 bits per heavy atom. The number of carboxylic acids is 1. The molecule has 1 fully saturated rings. The van der Waals surface area contributed by atoms with E-state index in [1.807, 2.05) is 18.2 Å². The predicted molar refractivity (Wildman–Crippen MR) is 102 cm³/mol. The quantitative estimate of drug-likeness (QED) is 0.750. The standard InChI is InChI=1S/C20H21ClN2O4/c21-17-4-2-1-3-16(17)20(27)9-11-23(12-10-20)19(26)22-13-14-5-7-15(8-6-14)18(24)25/h1-8,27H,9-13H2,(H,22,26)(H,24,25). The Bertz CT molecular complexity index is 830. The maximum atomic E-state index is 12.4. The van der Waals surface area contributed by atoms with Crippen LogP contribution in [0, 0.1) is 0 Å². The van der Waals surface area contributed by atoms with Crippen LogP contribution in [0.2, 0.25) is 5.02 Å². The first-order chi connectivity index (χ1) is 12.9. The minimum Gasteiger partial charge on any atom is -0.478 e. The molecule has 1 aliphatic rings. The van der Waals surface area contributed by atoms with Gasteiger partial charge in [-0.3, -0.25) is 0 Å². The Morgan fingerprint density at radius 2 is 1.70 bits per heavy atom. The molecular formula is C20H21ClN2O4. The number of aromatic carboxylic acids is 1. The van der Waals surface area contributed by atoms with Crippen molar-refractivity contribution in [2.45, 2.75) is 25.0 Å². The molecule has 2 aromatic rings. The summed E-state index contributed by atoms with van der Waals surface area (Å²) in [4.78, 5) is 24.9. The van der Waals surface area contributed by atoms with Crippen LogP contribution in [-0.2, 0) is 12.1 Å². The van der Waals surface area contributed by atoms with Crippen molar-refractivity contribution in [1.29, 1.82) is 0 Å². The maximum absolute atomic E-state index is 12.4. The van der Waals surface area contributed by atoms with Gasteiger partial charge >= 0.3 is 12.0 Å². The first kappa shape index (κ1) is 19.2. The molecular weight excluding hydrogens is 368 g/mol. The van der Waals surface area contributed by atoms with Gasteiger partial charge in [-0.15, -0.1) is 0 Å². The van der Waals surface area contributed by atoms with E-state index in [2.05, 4.69) is 5.32 Å². The number of carbonyl (C=O) groups excluding carboxylic acids is 1. The van der Waals surface area contributed by atoms with E-state index in [4.69, 9.17) is 16.7 Å². The molecule has 0 aromatic heterocycles. The van der Waals surface area contributed by atoms with Crippen molar-refractivity contribution < 1.29 is 19.8 Å². The van der Waals surface area contributed by atoms with Crippen molar-refractivity contribution in [3.8, 4) is 0 Å². The normalized spacial score (nSPS) is 16.0. The number of rotatable bonds is 4. The topological polar surface area (TPSA) is 89.9 Å². The minimum atomic E-state index is -1.03. The lowest BCUT2D eigenvalue weighted by molar-refractivity contribution is -0.0167. The first-order valence-electron chi connectivity index (χ1n) is 8.71. The zero-order valence-electron chi connectivity index (χ0n) is 14.7. The van der Waals surface area contributed by atoms with E-state index in [9.17, 15) is 14.7 Å². The lowest BCUT2D eigenvalue weighted by Crippen LogP contribution is -2.48. The molecule has 0 bridgehead atoms. The Balaban J connectivity index is 1.54. The van der Waals surface area contributed by atoms with Gasteiger partial charge in [-0.2, -0.15) is 0 Å². The van der Waals surface area contributed by atoms with E-state index in [1.54, 1.807) is 23.1 Å². The highest BCUT2D eigenvalue weighted by molar-refractivity contribution is 6.31. The van der Waals surface area contributed by atoms with Crippen molar-refractivity contribution in [1.82, 2.24) is 10.2 Å². The number of benzene rings is 2. The molecule has 3 N–H and O–H groups in total. The molecule has 0 radical (unpaired) electrons. The fraction of sp³-hybridized carbons (Fsp3) is 0.300.